The van der Waals surface area contributed by atoms with Gasteiger partial charge in [0.05, 0.1) is 25.1 Å². The Labute approximate surface area is 123 Å². The van der Waals surface area contributed by atoms with Gasteiger partial charge < -0.3 is 14.8 Å². The number of hydrogen-bond donors (Lipinski definition) is 1. The lowest BCUT2D eigenvalue weighted by molar-refractivity contribution is 0.190. The maximum Gasteiger partial charge on any atom is 0.208 e. The summed E-state index contributed by atoms with van der Waals surface area (Å²) in [6.07, 6.45) is 1.87. The van der Waals surface area contributed by atoms with Crippen molar-refractivity contribution in [1.82, 2.24) is 9.55 Å². The zero-order valence-corrected chi connectivity index (χ0v) is 12.7. The van der Waals surface area contributed by atoms with E-state index in [4.69, 9.17) is 9.47 Å². The number of hydrogen-bond acceptors (Lipinski definition) is 4. The standard InChI is InChI=1S/C15H20FN3O2/c1-10-8-19(15(17-10)18-11(2)9-20-3)13-6-5-12(16)7-14(13)21-4/h5-8,11H,9H2,1-4H3,(H,17,18). The summed E-state index contributed by atoms with van der Waals surface area (Å²) in [5.41, 5.74) is 1.58. The highest BCUT2D eigenvalue weighted by molar-refractivity contribution is 5.52. The van der Waals surface area contributed by atoms with Crippen LogP contribution in [0.4, 0.5) is 10.3 Å². The molecule has 0 amide bonds. The Morgan fingerprint density at radius 1 is 1.38 bits per heavy atom. The Morgan fingerprint density at radius 3 is 2.81 bits per heavy atom. The van der Waals surface area contributed by atoms with Gasteiger partial charge in [-0.3, -0.25) is 4.57 Å². The van der Waals surface area contributed by atoms with Gasteiger partial charge in [0.25, 0.3) is 0 Å². The third-order valence-electron chi connectivity index (χ3n) is 3.02. The van der Waals surface area contributed by atoms with E-state index in [9.17, 15) is 4.39 Å². The van der Waals surface area contributed by atoms with Gasteiger partial charge >= 0.3 is 0 Å². The molecule has 0 aliphatic rings. The quantitative estimate of drug-likeness (QED) is 0.889. The normalized spacial score (nSPS) is 12.2. The van der Waals surface area contributed by atoms with Crippen molar-refractivity contribution >= 4 is 5.95 Å². The van der Waals surface area contributed by atoms with Crippen LogP contribution in [0.5, 0.6) is 5.75 Å². The highest BCUT2D eigenvalue weighted by atomic mass is 19.1. The number of benzene rings is 1. The third-order valence-corrected chi connectivity index (χ3v) is 3.02. The summed E-state index contributed by atoms with van der Waals surface area (Å²) in [6, 6.07) is 4.52. The fourth-order valence-corrected chi connectivity index (χ4v) is 2.15. The molecule has 2 rings (SSSR count). The molecule has 1 atom stereocenters. The Hall–Kier alpha value is -2.08. The minimum atomic E-state index is -0.338. The zero-order valence-electron chi connectivity index (χ0n) is 12.7. The molecule has 21 heavy (non-hydrogen) atoms. The minimum absolute atomic E-state index is 0.0991. The first-order chi connectivity index (χ1) is 10.0. The highest BCUT2D eigenvalue weighted by Crippen LogP contribution is 2.27. The van der Waals surface area contributed by atoms with Crippen molar-refractivity contribution in [2.24, 2.45) is 0 Å². The fourth-order valence-electron chi connectivity index (χ4n) is 2.15. The fraction of sp³-hybridized carbons (Fsp3) is 0.400. The molecule has 1 heterocycles. The lowest BCUT2D eigenvalue weighted by Crippen LogP contribution is -2.23. The minimum Gasteiger partial charge on any atom is -0.494 e. The van der Waals surface area contributed by atoms with Crippen LogP contribution in [0.1, 0.15) is 12.6 Å². The number of aromatic nitrogens is 2. The van der Waals surface area contributed by atoms with Gasteiger partial charge in [0.1, 0.15) is 11.6 Å². The highest BCUT2D eigenvalue weighted by Gasteiger charge is 2.14. The van der Waals surface area contributed by atoms with Gasteiger partial charge in [-0.1, -0.05) is 0 Å². The summed E-state index contributed by atoms with van der Waals surface area (Å²) in [4.78, 5) is 4.45. The maximum atomic E-state index is 13.3. The number of imidazole rings is 1. The van der Waals surface area contributed by atoms with Crippen LogP contribution < -0.4 is 10.1 Å². The number of anilines is 1. The van der Waals surface area contributed by atoms with Gasteiger partial charge in [0, 0.05) is 25.4 Å². The molecule has 5 nitrogen and oxygen atoms in total. The van der Waals surface area contributed by atoms with E-state index in [1.165, 1.54) is 19.2 Å². The van der Waals surface area contributed by atoms with E-state index in [1.807, 2.05) is 24.6 Å². The SMILES string of the molecule is COCC(C)Nc1nc(C)cn1-c1ccc(F)cc1OC. The molecule has 2 aromatic rings. The van der Waals surface area contributed by atoms with Gasteiger partial charge in [-0.25, -0.2) is 9.37 Å². The van der Waals surface area contributed by atoms with Crippen molar-refractivity contribution in [2.45, 2.75) is 19.9 Å². The molecule has 0 saturated carbocycles. The number of aryl methyl sites for hydroxylation is 1. The molecule has 0 aliphatic heterocycles. The molecule has 1 aromatic carbocycles. The van der Waals surface area contributed by atoms with Gasteiger partial charge in [0.15, 0.2) is 0 Å². The second kappa shape index (κ2) is 6.58. The largest absolute Gasteiger partial charge is 0.494 e. The first-order valence-corrected chi connectivity index (χ1v) is 6.70. The van der Waals surface area contributed by atoms with Crippen LogP contribution >= 0.6 is 0 Å². The van der Waals surface area contributed by atoms with Crippen LogP contribution in [0.15, 0.2) is 24.4 Å². The molecule has 114 valence electrons. The van der Waals surface area contributed by atoms with Crippen LogP contribution in [-0.4, -0.2) is 36.4 Å². The van der Waals surface area contributed by atoms with E-state index < -0.39 is 0 Å². The molecule has 1 unspecified atom stereocenters. The monoisotopic (exact) mass is 293 g/mol. The van der Waals surface area contributed by atoms with Gasteiger partial charge in [0.2, 0.25) is 5.95 Å². The second-order valence-corrected chi connectivity index (χ2v) is 4.89. The third kappa shape index (κ3) is 3.52. The second-order valence-electron chi connectivity index (χ2n) is 4.89. The molecule has 6 heteroatoms. The molecule has 0 saturated heterocycles. The number of methoxy groups -OCH3 is 2. The van der Waals surface area contributed by atoms with E-state index in [-0.39, 0.29) is 11.9 Å². The van der Waals surface area contributed by atoms with Crippen LogP contribution in [0.3, 0.4) is 0 Å². The molecule has 0 spiro atoms. The van der Waals surface area contributed by atoms with Crippen molar-refractivity contribution in [2.75, 3.05) is 26.1 Å². The van der Waals surface area contributed by atoms with Crippen molar-refractivity contribution in [3.63, 3.8) is 0 Å². The van der Waals surface area contributed by atoms with E-state index in [0.29, 0.717) is 18.3 Å². The van der Waals surface area contributed by atoms with Gasteiger partial charge in [-0.15, -0.1) is 0 Å². The molecule has 0 aliphatic carbocycles. The summed E-state index contributed by atoms with van der Waals surface area (Å²) >= 11 is 0. The Morgan fingerprint density at radius 2 is 2.14 bits per heavy atom. The lowest BCUT2D eigenvalue weighted by atomic mass is 10.2. The van der Waals surface area contributed by atoms with Gasteiger partial charge in [-0.2, -0.15) is 0 Å². The molecule has 1 N–H and O–H groups in total. The average Bonchev–Trinajstić information content (AvgIpc) is 2.79. The first-order valence-electron chi connectivity index (χ1n) is 6.70. The van der Waals surface area contributed by atoms with Crippen molar-refractivity contribution < 1.29 is 13.9 Å². The summed E-state index contributed by atoms with van der Waals surface area (Å²) in [5, 5.41) is 3.27. The Balaban J connectivity index is 2.40. The first kappa shape index (κ1) is 15.3. The lowest BCUT2D eigenvalue weighted by Gasteiger charge is -2.16. The molecule has 0 fully saturated rings. The topological polar surface area (TPSA) is 48.3 Å². The van der Waals surface area contributed by atoms with E-state index in [1.54, 1.807) is 13.2 Å². The summed E-state index contributed by atoms with van der Waals surface area (Å²) in [5.74, 6) is 0.784. The Kier molecular flexibility index (Phi) is 4.80. The van der Waals surface area contributed by atoms with Crippen molar-refractivity contribution in [3.8, 4) is 11.4 Å². The van der Waals surface area contributed by atoms with E-state index in [2.05, 4.69) is 10.3 Å². The molecule has 1 aromatic heterocycles. The van der Waals surface area contributed by atoms with Gasteiger partial charge in [-0.05, 0) is 26.0 Å². The predicted octanol–water partition coefficient (Wildman–Crippen LogP) is 2.78. The van der Waals surface area contributed by atoms with Crippen LogP contribution in [0.25, 0.3) is 5.69 Å². The zero-order chi connectivity index (χ0) is 15.4. The predicted molar refractivity (Wildman–Crippen MR) is 79.8 cm³/mol. The van der Waals surface area contributed by atoms with Crippen molar-refractivity contribution in [3.05, 3.63) is 35.9 Å². The molecular weight excluding hydrogens is 273 g/mol. The maximum absolute atomic E-state index is 13.3. The number of nitrogens with one attached hydrogen (secondary N) is 1. The molecule has 0 radical (unpaired) electrons. The Bertz CT molecular complexity index is 613. The van der Waals surface area contributed by atoms with Crippen molar-refractivity contribution in [1.29, 1.82) is 0 Å². The summed E-state index contributed by atoms with van der Waals surface area (Å²) in [6.45, 7) is 4.46. The van der Waals surface area contributed by atoms with E-state index in [0.717, 1.165) is 11.4 Å². The van der Waals surface area contributed by atoms with Crippen LogP contribution in [-0.2, 0) is 4.74 Å². The number of halogens is 1. The van der Waals surface area contributed by atoms with E-state index >= 15 is 0 Å². The average molecular weight is 293 g/mol. The van der Waals surface area contributed by atoms with Crippen LogP contribution in [0, 0.1) is 12.7 Å². The number of rotatable bonds is 6. The number of ether oxygens (including phenoxy) is 2. The van der Waals surface area contributed by atoms with Crippen LogP contribution in [0.2, 0.25) is 0 Å². The molecular formula is C15H20FN3O2. The number of nitrogens with zero attached hydrogens (tertiary/aromatic N) is 2. The summed E-state index contributed by atoms with van der Waals surface area (Å²) in [7, 11) is 3.17. The summed E-state index contributed by atoms with van der Waals surface area (Å²) < 4.78 is 25.5. The molecule has 0 bridgehead atoms. The smallest absolute Gasteiger partial charge is 0.208 e.